The standard InChI is InChI=1S/C31H30F8O2/c1-2-3-4-5-18-6-8-19(9-7-18)21-14-26(34)29(27(35)15-21)31(38,39)41-23-16-24(32)28(25(33)17-23)20-10-12-22(13-11-20)40-30(36)37/h10-19,30H,2-9H2,1H3. The van der Waals surface area contributed by atoms with E-state index in [1.54, 1.807) is 0 Å². The lowest BCUT2D eigenvalue weighted by Crippen LogP contribution is -2.26. The van der Waals surface area contributed by atoms with Gasteiger partial charge in [-0.05, 0) is 72.9 Å². The molecule has 2 nitrogen and oxygen atoms in total. The van der Waals surface area contributed by atoms with Crippen molar-refractivity contribution >= 4 is 0 Å². The van der Waals surface area contributed by atoms with E-state index >= 15 is 0 Å². The summed E-state index contributed by atoms with van der Waals surface area (Å²) in [5, 5.41) is 0. The Labute approximate surface area is 233 Å². The van der Waals surface area contributed by atoms with E-state index in [1.165, 1.54) is 0 Å². The Balaban J connectivity index is 1.49. The molecule has 0 atom stereocenters. The average molecular weight is 587 g/mol. The third kappa shape index (κ3) is 7.51. The van der Waals surface area contributed by atoms with Crippen LogP contribution in [0.15, 0.2) is 48.5 Å². The number of hydrogen-bond donors (Lipinski definition) is 0. The first-order chi connectivity index (χ1) is 19.5. The van der Waals surface area contributed by atoms with Crippen LogP contribution in [0, 0.1) is 29.2 Å². The fourth-order valence-corrected chi connectivity index (χ4v) is 5.46. The molecule has 0 unspecified atom stereocenters. The smallest absolute Gasteiger partial charge is 0.432 e. The first-order valence-corrected chi connectivity index (χ1v) is 13.6. The zero-order valence-electron chi connectivity index (χ0n) is 22.3. The van der Waals surface area contributed by atoms with Crippen LogP contribution in [0.3, 0.4) is 0 Å². The molecule has 0 aromatic heterocycles. The van der Waals surface area contributed by atoms with E-state index in [-0.39, 0.29) is 22.8 Å². The molecule has 1 aliphatic rings. The van der Waals surface area contributed by atoms with Gasteiger partial charge in [0.2, 0.25) is 0 Å². The summed E-state index contributed by atoms with van der Waals surface area (Å²) in [7, 11) is 0. The minimum atomic E-state index is -4.59. The molecule has 3 aromatic carbocycles. The van der Waals surface area contributed by atoms with Crippen molar-refractivity contribution < 1.29 is 44.6 Å². The molecule has 4 rings (SSSR count). The third-order valence-electron chi connectivity index (χ3n) is 7.52. The van der Waals surface area contributed by atoms with Crippen LogP contribution in [0.1, 0.15) is 75.3 Å². The number of hydrogen-bond acceptors (Lipinski definition) is 2. The van der Waals surface area contributed by atoms with Gasteiger partial charge in [-0.25, -0.2) is 17.6 Å². The van der Waals surface area contributed by atoms with Gasteiger partial charge in [-0.3, -0.25) is 0 Å². The molecule has 41 heavy (non-hydrogen) atoms. The molecule has 0 N–H and O–H groups in total. The summed E-state index contributed by atoms with van der Waals surface area (Å²) in [5.41, 5.74) is -2.11. The van der Waals surface area contributed by atoms with Crippen molar-refractivity contribution in [3.8, 4) is 22.6 Å². The van der Waals surface area contributed by atoms with E-state index in [0.29, 0.717) is 30.9 Å². The second kappa shape index (κ2) is 13.1. The average Bonchev–Trinajstić information content (AvgIpc) is 2.88. The van der Waals surface area contributed by atoms with Crippen LogP contribution in [-0.4, -0.2) is 6.61 Å². The summed E-state index contributed by atoms with van der Waals surface area (Å²) in [5.74, 6) is -6.53. The lowest BCUT2D eigenvalue weighted by molar-refractivity contribution is -0.189. The van der Waals surface area contributed by atoms with Crippen molar-refractivity contribution in [1.82, 2.24) is 0 Å². The van der Waals surface area contributed by atoms with Crippen molar-refractivity contribution in [3.63, 3.8) is 0 Å². The van der Waals surface area contributed by atoms with Gasteiger partial charge in [0, 0.05) is 12.1 Å². The molecule has 0 spiro atoms. The second-order valence-corrected chi connectivity index (χ2v) is 10.4. The van der Waals surface area contributed by atoms with Gasteiger partial charge >= 0.3 is 12.7 Å². The number of benzene rings is 3. The van der Waals surface area contributed by atoms with E-state index in [4.69, 9.17) is 0 Å². The van der Waals surface area contributed by atoms with Gasteiger partial charge < -0.3 is 9.47 Å². The zero-order valence-corrected chi connectivity index (χ0v) is 22.3. The SMILES string of the molecule is CCCCCC1CCC(c2cc(F)c(C(F)(F)Oc3cc(F)c(-c4ccc(OC(F)F)cc4)c(F)c3)c(F)c2)CC1. The lowest BCUT2D eigenvalue weighted by atomic mass is 9.77. The molecule has 0 amide bonds. The first-order valence-electron chi connectivity index (χ1n) is 13.6. The fraction of sp³-hybridized carbons (Fsp3) is 0.419. The van der Waals surface area contributed by atoms with Gasteiger partial charge in [0.15, 0.2) is 0 Å². The molecule has 0 heterocycles. The number of ether oxygens (including phenoxy) is 2. The molecule has 0 saturated heterocycles. The Morgan fingerprint density at radius 1 is 0.780 bits per heavy atom. The summed E-state index contributed by atoms with van der Waals surface area (Å²) in [4.78, 5) is 0. The summed E-state index contributed by atoms with van der Waals surface area (Å²) in [6, 6.07) is 6.94. The monoisotopic (exact) mass is 586 g/mol. The van der Waals surface area contributed by atoms with Crippen LogP contribution in [-0.2, 0) is 6.11 Å². The van der Waals surface area contributed by atoms with Crippen LogP contribution in [0.5, 0.6) is 11.5 Å². The molecule has 0 aliphatic heterocycles. The maximum absolute atomic E-state index is 14.9. The number of halogens is 8. The van der Waals surface area contributed by atoms with Crippen LogP contribution in [0.25, 0.3) is 11.1 Å². The Hall–Kier alpha value is -3.30. The van der Waals surface area contributed by atoms with E-state index < -0.39 is 52.9 Å². The maximum Gasteiger partial charge on any atom is 0.432 e. The van der Waals surface area contributed by atoms with E-state index in [2.05, 4.69) is 16.4 Å². The molecule has 1 fully saturated rings. The first kappa shape index (κ1) is 30.7. The molecular formula is C31H30F8O2. The van der Waals surface area contributed by atoms with Gasteiger partial charge in [0.1, 0.15) is 40.3 Å². The van der Waals surface area contributed by atoms with Crippen molar-refractivity contribution in [2.24, 2.45) is 5.92 Å². The van der Waals surface area contributed by atoms with Gasteiger partial charge in [0.05, 0.1) is 5.56 Å². The fourth-order valence-electron chi connectivity index (χ4n) is 5.46. The van der Waals surface area contributed by atoms with Crippen molar-refractivity contribution in [2.45, 2.75) is 76.9 Å². The molecule has 10 heteroatoms. The molecule has 0 radical (unpaired) electrons. The third-order valence-corrected chi connectivity index (χ3v) is 7.52. The normalized spacial score (nSPS) is 17.6. The Morgan fingerprint density at radius 2 is 1.37 bits per heavy atom. The van der Waals surface area contributed by atoms with Gasteiger partial charge in [0.25, 0.3) is 0 Å². The minimum absolute atomic E-state index is 0.0948. The van der Waals surface area contributed by atoms with Crippen LogP contribution >= 0.6 is 0 Å². The number of rotatable bonds is 11. The van der Waals surface area contributed by atoms with Gasteiger partial charge in [-0.2, -0.15) is 17.6 Å². The van der Waals surface area contributed by atoms with Gasteiger partial charge in [-0.15, -0.1) is 0 Å². The molecule has 1 saturated carbocycles. The van der Waals surface area contributed by atoms with Crippen LogP contribution in [0.2, 0.25) is 0 Å². The van der Waals surface area contributed by atoms with Crippen molar-refractivity contribution in [3.05, 3.63) is 82.9 Å². The van der Waals surface area contributed by atoms with Crippen LogP contribution in [0.4, 0.5) is 35.1 Å². The summed E-state index contributed by atoms with van der Waals surface area (Å²) in [6.45, 7) is -0.968. The largest absolute Gasteiger partial charge is 0.435 e. The molecule has 0 bridgehead atoms. The molecular weight excluding hydrogens is 556 g/mol. The molecule has 222 valence electrons. The summed E-state index contributed by atoms with van der Waals surface area (Å²) < 4.78 is 122. The van der Waals surface area contributed by atoms with E-state index in [0.717, 1.165) is 74.9 Å². The summed E-state index contributed by atoms with van der Waals surface area (Å²) in [6.07, 6.45) is 3.16. The predicted octanol–water partition coefficient (Wildman–Crippen LogP) is 10.5. The van der Waals surface area contributed by atoms with E-state index in [9.17, 15) is 35.1 Å². The number of unbranched alkanes of at least 4 members (excludes halogenated alkanes) is 2. The maximum atomic E-state index is 14.9. The molecule has 3 aromatic rings. The minimum Gasteiger partial charge on any atom is -0.435 e. The van der Waals surface area contributed by atoms with Gasteiger partial charge in [-0.1, -0.05) is 44.7 Å². The highest BCUT2D eigenvalue weighted by atomic mass is 19.3. The van der Waals surface area contributed by atoms with Crippen LogP contribution < -0.4 is 9.47 Å². The Morgan fingerprint density at radius 3 is 1.90 bits per heavy atom. The Kier molecular flexibility index (Phi) is 9.81. The highest BCUT2D eigenvalue weighted by Crippen LogP contribution is 2.42. The highest BCUT2D eigenvalue weighted by Gasteiger charge is 2.42. The Bertz CT molecular complexity index is 1270. The zero-order chi connectivity index (χ0) is 29.7. The second-order valence-electron chi connectivity index (χ2n) is 10.4. The van der Waals surface area contributed by atoms with Crippen molar-refractivity contribution in [2.75, 3.05) is 0 Å². The topological polar surface area (TPSA) is 18.5 Å². The number of alkyl halides is 4. The molecule has 1 aliphatic carbocycles. The lowest BCUT2D eigenvalue weighted by Gasteiger charge is -2.29. The summed E-state index contributed by atoms with van der Waals surface area (Å²) >= 11 is 0. The highest BCUT2D eigenvalue weighted by molar-refractivity contribution is 5.66. The van der Waals surface area contributed by atoms with E-state index in [1.807, 2.05) is 0 Å². The quantitative estimate of drug-likeness (QED) is 0.164. The van der Waals surface area contributed by atoms with Crippen molar-refractivity contribution in [1.29, 1.82) is 0 Å². The predicted molar refractivity (Wildman–Crippen MR) is 138 cm³/mol.